The van der Waals surface area contributed by atoms with Crippen LogP contribution in [0.4, 0.5) is 22.0 Å². The molecule has 1 N–H and O–H groups in total. The van der Waals surface area contributed by atoms with Crippen molar-refractivity contribution in [1.82, 2.24) is 9.88 Å². The van der Waals surface area contributed by atoms with Gasteiger partial charge in [-0.05, 0) is 58.7 Å². The van der Waals surface area contributed by atoms with Crippen molar-refractivity contribution in [1.29, 1.82) is 0 Å². The third-order valence-electron chi connectivity index (χ3n) is 8.27. The van der Waals surface area contributed by atoms with E-state index in [1.54, 1.807) is 13.0 Å². The third kappa shape index (κ3) is 5.84. The monoisotopic (exact) mass is 636 g/mol. The number of halogens is 5. The number of thioether (sulfide) groups is 1. The molecule has 2 heterocycles. The van der Waals surface area contributed by atoms with Crippen LogP contribution in [0, 0.1) is 18.6 Å². The maximum absolute atomic E-state index is 15.6. The molecule has 0 saturated carbocycles. The van der Waals surface area contributed by atoms with E-state index < -0.39 is 40.9 Å². The number of rotatable bonds is 8. The van der Waals surface area contributed by atoms with Gasteiger partial charge in [0.05, 0.1) is 29.3 Å². The van der Waals surface area contributed by atoms with Gasteiger partial charge in [0.25, 0.3) is 5.56 Å². The lowest BCUT2D eigenvalue weighted by Gasteiger charge is -2.22. The van der Waals surface area contributed by atoms with E-state index in [0.717, 1.165) is 34.5 Å². The summed E-state index contributed by atoms with van der Waals surface area (Å²) in [6, 6.07) is 21.1. The summed E-state index contributed by atoms with van der Waals surface area (Å²) >= 11 is 1.33. The average molecular weight is 637 g/mol. The highest BCUT2D eigenvalue weighted by Gasteiger charge is 2.36. The number of nitrogens with one attached hydrogen (secondary N) is 1. The minimum Gasteiger partial charge on any atom is -0.494 e. The molecule has 0 amide bonds. The van der Waals surface area contributed by atoms with Gasteiger partial charge in [0.15, 0.2) is 11.6 Å². The number of fused-ring (bicyclic) bond motifs is 2. The smallest absolute Gasteiger partial charge is 0.416 e. The molecule has 4 aromatic carbocycles. The molecule has 0 aliphatic carbocycles. The van der Waals surface area contributed by atoms with Crippen molar-refractivity contribution in [2.24, 2.45) is 0 Å². The molecular weight excluding hydrogens is 607 g/mol. The van der Waals surface area contributed by atoms with Gasteiger partial charge in [0.2, 0.25) is 0 Å². The summed E-state index contributed by atoms with van der Waals surface area (Å²) in [5.41, 5.74) is -0.394. The number of ether oxygens (including phenoxy) is 1. The number of aromatic nitrogens is 1. The molecule has 0 fully saturated rings. The van der Waals surface area contributed by atoms with Crippen molar-refractivity contribution >= 4 is 22.5 Å². The second-order valence-corrected chi connectivity index (χ2v) is 12.0. The molecule has 0 saturated heterocycles. The van der Waals surface area contributed by atoms with Crippen LogP contribution in [0.1, 0.15) is 33.9 Å². The number of pyridine rings is 1. The first-order valence-corrected chi connectivity index (χ1v) is 15.3. The molecule has 1 aliphatic heterocycles. The summed E-state index contributed by atoms with van der Waals surface area (Å²) in [4.78, 5) is 14.2. The molecule has 4 nitrogen and oxygen atoms in total. The number of hydrogen-bond donors (Lipinski definition) is 1. The largest absolute Gasteiger partial charge is 0.494 e. The summed E-state index contributed by atoms with van der Waals surface area (Å²) in [5, 5.41) is 6.09. The van der Waals surface area contributed by atoms with E-state index in [1.165, 1.54) is 35.6 Å². The fourth-order valence-electron chi connectivity index (χ4n) is 6.02. The van der Waals surface area contributed by atoms with Gasteiger partial charge in [-0.2, -0.15) is 13.2 Å². The first-order valence-electron chi connectivity index (χ1n) is 14.3. The first kappa shape index (κ1) is 30.9. The molecule has 45 heavy (non-hydrogen) atoms. The highest BCUT2D eigenvalue weighted by Crippen LogP contribution is 2.42. The fourth-order valence-corrected chi connectivity index (χ4v) is 7.41. The predicted octanol–water partition coefficient (Wildman–Crippen LogP) is 8.31. The lowest BCUT2D eigenvalue weighted by atomic mass is 9.92. The summed E-state index contributed by atoms with van der Waals surface area (Å²) in [6.45, 7) is 2.48. The first-order chi connectivity index (χ1) is 21.6. The van der Waals surface area contributed by atoms with Crippen LogP contribution in [0.15, 0.2) is 88.7 Å². The van der Waals surface area contributed by atoms with Gasteiger partial charge in [-0.15, -0.1) is 11.8 Å². The van der Waals surface area contributed by atoms with Crippen LogP contribution in [0.25, 0.3) is 21.9 Å². The lowest BCUT2D eigenvalue weighted by Crippen LogP contribution is -2.33. The maximum Gasteiger partial charge on any atom is 0.416 e. The van der Waals surface area contributed by atoms with Crippen molar-refractivity contribution in [2.75, 3.05) is 19.4 Å². The van der Waals surface area contributed by atoms with Gasteiger partial charge in [0, 0.05) is 36.4 Å². The Bertz CT molecular complexity index is 1970. The third-order valence-corrected chi connectivity index (χ3v) is 9.54. The Morgan fingerprint density at radius 2 is 1.71 bits per heavy atom. The van der Waals surface area contributed by atoms with E-state index in [-0.39, 0.29) is 22.9 Å². The van der Waals surface area contributed by atoms with E-state index in [1.807, 2.05) is 36.4 Å². The second-order valence-electron chi connectivity index (χ2n) is 11.0. The van der Waals surface area contributed by atoms with Crippen LogP contribution in [0.3, 0.4) is 0 Å². The molecule has 0 spiro atoms. The van der Waals surface area contributed by atoms with Crippen LogP contribution in [-0.4, -0.2) is 24.0 Å². The Morgan fingerprint density at radius 1 is 0.956 bits per heavy atom. The minimum absolute atomic E-state index is 0.0112. The summed E-state index contributed by atoms with van der Waals surface area (Å²) in [5.74, 6) is -1.38. The Balaban J connectivity index is 1.43. The van der Waals surface area contributed by atoms with Gasteiger partial charge < -0.3 is 10.1 Å². The Kier molecular flexibility index (Phi) is 8.45. The molecular formula is C35H29F5N2O2S. The molecule has 1 aromatic heterocycles. The summed E-state index contributed by atoms with van der Waals surface area (Å²) < 4.78 is 79.3. The minimum atomic E-state index is -4.79. The van der Waals surface area contributed by atoms with E-state index in [0.29, 0.717) is 35.0 Å². The molecule has 1 aliphatic rings. The van der Waals surface area contributed by atoms with Gasteiger partial charge in [-0.25, -0.2) is 8.78 Å². The van der Waals surface area contributed by atoms with Crippen LogP contribution in [-0.2, 0) is 19.1 Å². The number of hydrogen-bond acceptors (Lipinski definition) is 4. The normalized spacial score (nSPS) is 14.6. The van der Waals surface area contributed by atoms with Crippen molar-refractivity contribution in [3.8, 4) is 16.9 Å². The summed E-state index contributed by atoms with van der Waals surface area (Å²) in [6.07, 6.45) is -5.21. The number of benzene rings is 4. The molecule has 232 valence electrons. The van der Waals surface area contributed by atoms with Gasteiger partial charge >= 0.3 is 6.18 Å². The van der Waals surface area contributed by atoms with Crippen LogP contribution in [0.2, 0.25) is 0 Å². The van der Waals surface area contributed by atoms with Gasteiger partial charge in [0.1, 0.15) is 5.82 Å². The molecule has 1 atom stereocenters. The van der Waals surface area contributed by atoms with Gasteiger partial charge in [-0.3, -0.25) is 9.36 Å². The molecule has 1 unspecified atom stereocenters. The maximum atomic E-state index is 15.6. The van der Waals surface area contributed by atoms with Crippen LogP contribution < -0.4 is 15.6 Å². The van der Waals surface area contributed by atoms with Gasteiger partial charge in [-0.1, -0.05) is 54.6 Å². The van der Waals surface area contributed by atoms with E-state index >= 15 is 8.78 Å². The SMILES string of the molecule is COc1cccc(-c2c(C)c(Cc3c(F)cccc3C(F)(F)F)c3n(c2=O)C(CNCc2ccc4ccccc4c2)CS3)c1F. The number of alkyl halides is 3. The van der Waals surface area contributed by atoms with Crippen LogP contribution in [0.5, 0.6) is 5.75 Å². The topological polar surface area (TPSA) is 43.3 Å². The predicted molar refractivity (Wildman–Crippen MR) is 167 cm³/mol. The van der Waals surface area contributed by atoms with Crippen molar-refractivity contribution in [3.05, 3.63) is 129 Å². The molecule has 0 bridgehead atoms. The Labute approximate surface area is 260 Å². The number of methoxy groups -OCH3 is 1. The molecule has 5 aromatic rings. The average Bonchev–Trinajstić information content (AvgIpc) is 3.44. The van der Waals surface area contributed by atoms with E-state index in [4.69, 9.17) is 4.74 Å². The standard InChI is InChI=1S/C35H29F5N2O2S/c1-20-26(16-27-28(35(38,39)40)10-6-11-29(27)36)34-42(33(43)31(20)25-9-5-12-30(44-2)32(25)37)24(19-45-34)18-41-17-21-13-14-22-7-3-4-8-23(22)15-21/h3-15,24,41H,16-19H2,1-2H3. The van der Waals surface area contributed by atoms with E-state index in [9.17, 15) is 18.0 Å². The van der Waals surface area contributed by atoms with Crippen molar-refractivity contribution in [3.63, 3.8) is 0 Å². The second kappa shape index (κ2) is 12.3. The Hall–Kier alpha value is -4.15. The molecule has 6 rings (SSSR count). The highest BCUT2D eigenvalue weighted by atomic mass is 32.2. The quantitative estimate of drug-likeness (QED) is 0.174. The number of nitrogens with zero attached hydrogens (tertiary/aromatic N) is 1. The summed E-state index contributed by atoms with van der Waals surface area (Å²) in [7, 11) is 1.31. The van der Waals surface area contributed by atoms with Crippen molar-refractivity contribution in [2.45, 2.75) is 37.1 Å². The fraction of sp³-hybridized carbons (Fsp3) is 0.229. The zero-order chi connectivity index (χ0) is 31.9. The zero-order valence-corrected chi connectivity index (χ0v) is 25.3. The Morgan fingerprint density at radius 3 is 2.47 bits per heavy atom. The highest BCUT2D eigenvalue weighted by molar-refractivity contribution is 7.99. The molecule has 10 heteroatoms. The zero-order valence-electron chi connectivity index (χ0n) is 24.5. The van der Waals surface area contributed by atoms with E-state index in [2.05, 4.69) is 11.4 Å². The van der Waals surface area contributed by atoms with Crippen LogP contribution >= 0.6 is 11.8 Å². The lowest BCUT2D eigenvalue weighted by molar-refractivity contribution is -0.138. The molecule has 0 radical (unpaired) electrons. The van der Waals surface area contributed by atoms with Crippen molar-refractivity contribution < 1.29 is 26.7 Å².